The largest absolute Gasteiger partial charge is 0.492 e. The third-order valence-corrected chi connectivity index (χ3v) is 4.74. The van der Waals surface area contributed by atoms with Crippen molar-refractivity contribution in [1.29, 1.82) is 0 Å². The Hall–Kier alpha value is -3.22. The first-order valence-corrected chi connectivity index (χ1v) is 9.92. The fourth-order valence-electron chi connectivity index (χ4n) is 3.24. The molecule has 0 atom stereocenters. The summed E-state index contributed by atoms with van der Waals surface area (Å²) in [5, 5.41) is 2.94. The van der Waals surface area contributed by atoms with Crippen LogP contribution in [0, 0.1) is 0 Å². The summed E-state index contributed by atoms with van der Waals surface area (Å²) >= 11 is 0. The minimum Gasteiger partial charge on any atom is -0.492 e. The molecule has 7 heteroatoms. The molecule has 1 aliphatic rings. The summed E-state index contributed by atoms with van der Waals surface area (Å²) in [5.74, 6) is 0.358. The molecule has 0 aliphatic carbocycles. The maximum Gasteiger partial charge on any atom is 0.338 e. The van der Waals surface area contributed by atoms with Crippen LogP contribution in [-0.4, -0.2) is 56.3 Å². The first kappa shape index (κ1) is 20.5. The minimum absolute atomic E-state index is 0.130. The molecule has 0 aromatic heterocycles. The van der Waals surface area contributed by atoms with Gasteiger partial charge < -0.3 is 24.6 Å². The number of benzene rings is 2. The van der Waals surface area contributed by atoms with Crippen LogP contribution in [0.1, 0.15) is 24.2 Å². The first-order valence-electron chi connectivity index (χ1n) is 9.92. The summed E-state index contributed by atoms with van der Waals surface area (Å²) < 4.78 is 10.6. The van der Waals surface area contributed by atoms with Gasteiger partial charge in [-0.3, -0.25) is 0 Å². The molecule has 29 heavy (non-hydrogen) atoms. The molecule has 0 bridgehead atoms. The SMILES string of the molecule is CCOC(=O)c1ccc(N2CCN(C(=O)Nc3ccccc3OCC)CC2)cc1. The number of anilines is 2. The molecular weight excluding hydrogens is 370 g/mol. The number of carbonyl (C=O) groups is 2. The number of piperazine rings is 1. The van der Waals surface area contributed by atoms with Crippen molar-refractivity contribution >= 4 is 23.4 Å². The normalized spacial score (nSPS) is 13.7. The van der Waals surface area contributed by atoms with Crippen LogP contribution in [0.3, 0.4) is 0 Å². The van der Waals surface area contributed by atoms with E-state index in [4.69, 9.17) is 9.47 Å². The zero-order valence-electron chi connectivity index (χ0n) is 16.9. The van der Waals surface area contributed by atoms with Crippen molar-refractivity contribution in [2.45, 2.75) is 13.8 Å². The summed E-state index contributed by atoms with van der Waals surface area (Å²) in [6.07, 6.45) is 0. The van der Waals surface area contributed by atoms with Gasteiger partial charge in [0.25, 0.3) is 0 Å². The van der Waals surface area contributed by atoms with E-state index in [0.717, 1.165) is 18.8 Å². The number of amides is 2. The molecule has 2 aromatic carbocycles. The Morgan fingerprint density at radius 3 is 2.28 bits per heavy atom. The van der Waals surface area contributed by atoms with Gasteiger partial charge in [-0.05, 0) is 50.2 Å². The fourth-order valence-corrected chi connectivity index (χ4v) is 3.24. The minimum atomic E-state index is -0.312. The van der Waals surface area contributed by atoms with Crippen molar-refractivity contribution in [3.8, 4) is 5.75 Å². The molecule has 1 fully saturated rings. The Morgan fingerprint density at radius 1 is 0.931 bits per heavy atom. The molecule has 1 aliphatic heterocycles. The summed E-state index contributed by atoms with van der Waals surface area (Å²) in [4.78, 5) is 28.4. The zero-order valence-corrected chi connectivity index (χ0v) is 16.9. The monoisotopic (exact) mass is 397 g/mol. The van der Waals surface area contributed by atoms with E-state index in [1.807, 2.05) is 43.3 Å². The van der Waals surface area contributed by atoms with Crippen molar-refractivity contribution in [2.75, 3.05) is 49.6 Å². The van der Waals surface area contributed by atoms with Crippen LogP contribution in [0.4, 0.5) is 16.2 Å². The number of esters is 1. The summed E-state index contributed by atoms with van der Waals surface area (Å²) in [5.41, 5.74) is 2.25. The number of ether oxygens (including phenoxy) is 2. The average molecular weight is 397 g/mol. The smallest absolute Gasteiger partial charge is 0.338 e. The van der Waals surface area contributed by atoms with E-state index >= 15 is 0 Å². The van der Waals surface area contributed by atoms with Crippen molar-refractivity contribution < 1.29 is 19.1 Å². The Labute approximate surface area is 171 Å². The highest BCUT2D eigenvalue weighted by molar-refractivity contribution is 5.91. The highest BCUT2D eigenvalue weighted by Gasteiger charge is 2.22. The topological polar surface area (TPSA) is 71.1 Å². The summed E-state index contributed by atoms with van der Waals surface area (Å²) in [6, 6.07) is 14.7. The van der Waals surface area contributed by atoms with Crippen LogP contribution in [-0.2, 0) is 4.74 Å². The standard InChI is InChI=1S/C22H27N3O4/c1-3-28-20-8-6-5-7-19(20)23-22(27)25-15-13-24(14-16-25)18-11-9-17(10-12-18)21(26)29-4-2/h5-12H,3-4,13-16H2,1-2H3,(H,23,27). The van der Waals surface area contributed by atoms with E-state index in [2.05, 4.69) is 10.2 Å². The lowest BCUT2D eigenvalue weighted by Crippen LogP contribution is -2.50. The molecule has 3 rings (SSSR count). The van der Waals surface area contributed by atoms with E-state index < -0.39 is 0 Å². The second-order valence-electron chi connectivity index (χ2n) is 6.60. The molecule has 154 valence electrons. The van der Waals surface area contributed by atoms with E-state index in [9.17, 15) is 9.59 Å². The summed E-state index contributed by atoms with van der Waals surface area (Å²) in [7, 11) is 0. The van der Waals surface area contributed by atoms with Gasteiger partial charge in [0.2, 0.25) is 0 Å². The van der Waals surface area contributed by atoms with Crippen molar-refractivity contribution in [1.82, 2.24) is 4.90 Å². The van der Waals surface area contributed by atoms with Gasteiger partial charge in [0.1, 0.15) is 5.75 Å². The number of hydrogen-bond donors (Lipinski definition) is 1. The third kappa shape index (κ3) is 5.19. The second kappa shape index (κ2) is 9.82. The predicted octanol–water partition coefficient (Wildman–Crippen LogP) is 3.62. The molecule has 1 saturated heterocycles. The van der Waals surface area contributed by atoms with Crippen LogP contribution in [0.2, 0.25) is 0 Å². The predicted molar refractivity (Wildman–Crippen MR) is 113 cm³/mol. The Kier molecular flexibility index (Phi) is 6.94. The van der Waals surface area contributed by atoms with Crippen molar-refractivity contribution in [3.63, 3.8) is 0 Å². The Balaban J connectivity index is 1.55. The van der Waals surface area contributed by atoms with Crippen LogP contribution in [0.25, 0.3) is 0 Å². The molecule has 0 unspecified atom stereocenters. The lowest BCUT2D eigenvalue weighted by atomic mass is 10.2. The van der Waals surface area contributed by atoms with Crippen LogP contribution < -0.4 is 15.0 Å². The number of para-hydroxylation sites is 2. The van der Waals surface area contributed by atoms with Crippen LogP contribution >= 0.6 is 0 Å². The van der Waals surface area contributed by atoms with Gasteiger partial charge in [0.05, 0.1) is 24.5 Å². The number of carbonyl (C=O) groups excluding carboxylic acids is 2. The zero-order chi connectivity index (χ0) is 20.6. The number of urea groups is 1. The molecule has 2 amide bonds. The molecule has 1 N–H and O–H groups in total. The summed E-state index contributed by atoms with van der Waals surface area (Å²) in [6.45, 7) is 7.28. The maximum atomic E-state index is 12.6. The fraction of sp³-hybridized carbons (Fsp3) is 0.364. The molecule has 0 radical (unpaired) electrons. The van der Waals surface area contributed by atoms with Gasteiger partial charge in [-0.25, -0.2) is 9.59 Å². The van der Waals surface area contributed by atoms with E-state index in [1.54, 1.807) is 24.0 Å². The number of nitrogens with one attached hydrogen (secondary N) is 1. The van der Waals surface area contributed by atoms with Crippen LogP contribution in [0.5, 0.6) is 5.75 Å². The number of rotatable bonds is 6. The number of hydrogen-bond acceptors (Lipinski definition) is 5. The van der Waals surface area contributed by atoms with Gasteiger partial charge in [0, 0.05) is 31.9 Å². The van der Waals surface area contributed by atoms with Gasteiger partial charge in [-0.1, -0.05) is 12.1 Å². The van der Waals surface area contributed by atoms with Gasteiger partial charge >= 0.3 is 12.0 Å². The molecule has 2 aromatic rings. The van der Waals surface area contributed by atoms with Crippen molar-refractivity contribution in [3.05, 3.63) is 54.1 Å². The highest BCUT2D eigenvalue weighted by Crippen LogP contribution is 2.24. The molecular formula is C22H27N3O4. The molecule has 0 saturated carbocycles. The highest BCUT2D eigenvalue weighted by atomic mass is 16.5. The second-order valence-corrected chi connectivity index (χ2v) is 6.60. The Bertz CT molecular complexity index is 830. The lowest BCUT2D eigenvalue weighted by molar-refractivity contribution is 0.0526. The maximum absolute atomic E-state index is 12.6. The van der Waals surface area contributed by atoms with Gasteiger partial charge in [0.15, 0.2) is 0 Å². The van der Waals surface area contributed by atoms with Gasteiger partial charge in [-0.2, -0.15) is 0 Å². The lowest BCUT2D eigenvalue weighted by Gasteiger charge is -2.36. The molecule has 0 spiro atoms. The Morgan fingerprint density at radius 2 is 1.62 bits per heavy atom. The number of nitrogens with zero attached hydrogens (tertiary/aromatic N) is 2. The molecule has 1 heterocycles. The van der Waals surface area contributed by atoms with Gasteiger partial charge in [-0.15, -0.1) is 0 Å². The van der Waals surface area contributed by atoms with E-state index in [0.29, 0.717) is 43.3 Å². The third-order valence-electron chi connectivity index (χ3n) is 4.74. The molecule has 7 nitrogen and oxygen atoms in total. The first-order chi connectivity index (χ1) is 14.1. The van der Waals surface area contributed by atoms with E-state index in [-0.39, 0.29) is 12.0 Å². The van der Waals surface area contributed by atoms with E-state index in [1.165, 1.54) is 0 Å². The van der Waals surface area contributed by atoms with Crippen molar-refractivity contribution in [2.24, 2.45) is 0 Å². The average Bonchev–Trinajstić information content (AvgIpc) is 2.76. The van der Waals surface area contributed by atoms with Crippen LogP contribution in [0.15, 0.2) is 48.5 Å². The quantitative estimate of drug-likeness (QED) is 0.754.